The van der Waals surface area contributed by atoms with Crippen molar-refractivity contribution in [3.05, 3.63) is 126 Å². The Kier molecular flexibility index (Phi) is 7.90. The second-order valence-electron chi connectivity index (χ2n) is 8.17. The number of aromatic nitrogens is 4. The molecule has 0 aliphatic heterocycles. The molecule has 0 atom stereocenters. The Morgan fingerprint density at radius 2 is 1.32 bits per heavy atom. The molecule has 0 unspecified atom stereocenters. The molecule has 0 saturated carbocycles. The molecule has 34 heavy (non-hydrogen) atoms. The number of H-pyrrole nitrogens is 2. The maximum atomic E-state index is 5.86. The number of nitrogens with zero attached hydrogens (tertiary/aromatic N) is 2. The van der Waals surface area contributed by atoms with E-state index in [9.17, 15) is 0 Å². The Morgan fingerprint density at radius 1 is 0.676 bits per heavy atom. The van der Waals surface area contributed by atoms with Gasteiger partial charge in [0.25, 0.3) is 0 Å². The summed E-state index contributed by atoms with van der Waals surface area (Å²) < 4.78 is 5.86. The van der Waals surface area contributed by atoms with E-state index >= 15 is 0 Å². The van der Waals surface area contributed by atoms with Gasteiger partial charge in [-0.3, -0.25) is 0 Å². The van der Waals surface area contributed by atoms with Gasteiger partial charge >= 0.3 is 0 Å². The number of aromatic amines is 2. The van der Waals surface area contributed by atoms with Crippen LogP contribution in [0.4, 0.5) is 0 Å². The molecule has 5 heteroatoms. The van der Waals surface area contributed by atoms with Gasteiger partial charge in [-0.15, -0.1) is 0 Å². The number of rotatable bonds is 7. The lowest BCUT2D eigenvalue weighted by molar-refractivity contribution is 0.303. The molecule has 172 valence electrons. The molecule has 5 rings (SSSR count). The molecule has 2 heterocycles. The summed E-state index contributed by atoms with van der Waals surface area (Å²) in [4.78, 5) is 14.2. The lowest BCUT2D eigenvalue weighted by Gasteiger charge is -2.10. The maximum Gasteiger partial charge on any atom is 0.130 e. The molecule has 0 saturated heterocycles. The minimum absolute atomic E-state index is 0.490. The van der Waals surface area contributed by atoms with Gasteiger partial charge in [0, 0.05) is 17.5 Å². The van der Waals surface area contributed by atoms with Crippen molar-refractivity contribution in [1.82, 2.24) is 19.9 Å². The van der Waals surface area contributed by atoms with Crippen LogP contribution in [-0.2, 0) is 19.4 Å². The number of hydrogen-bond donors (Lipinski definition) is 2. The summed E-state index contributed by atoms with van der Waals surface area (Å²) in [5.41, 5.74) is 8.65. The van der Waals surface area contributed by atoms with Gasteiger partial charge in [0.2, 0.25) is 0 Å². The number of benzene rings is 3. The average Bonchev–Trinajstić information content (AvgIpc) is 3.58. The number of para-hydroxylation sites is 1. The third-order valence-electron chi connectivity index (χ3n) is 5.75. The van der Waals surface area contributed by atoms with Gasteiger partial charge in [-0.05, 0) is 55.0 Å². The number of nitrogens with one attached hydrogen (secondary N) is 2. The molecule has 0 aliphatic rings. The van der Waals surface area contributed by atoms with E-state index in [4.69, 9.17) is 4.74 Å². The topological polar surface area (TPSA) is 66.6 Å². The third-order valence-corrected chi connectivity index (χ3v) is 5.75. The molecule has 2 aromatic heterocycles. The first-order valence-corrected chi connectivity index (χ1v) is 11.5. The summed E-state index contributed by atoms with van der Waals surface area (Å²) in [6, 6.07) is 24.8. The normalized spacial score (nSPS) is 10.4. The van der Waals surface area contributed by atoms with Gasteiger partial charge in [-0.25, -0.2) is 9.97 Å². The van der Waals surface area contributed by atoms with E-state index < -0.39 is 0 Å². The van der Waals surface area contributed by atoms with Crippen LogP contribution in [0.3, 0.4) is 0 Å². The van der Waals surface area contributed by atoms with Gasteiger partial charge < -0.3 is 14.7 Å². The fourth-order valence-corrected chi connectivity index (χ4v) is 3.89. The number of imidazole rings is 2. The van der Waals surface area contributed by atoms with Crippen LogP contribution >= 0.6 is 0 Å². The predicted octanol–water partition coefficient (Wildman–Crippen LogP) is 6.47. The average molecular weight is 451 g/mol. The van der Waals surface area contributed by atoms with Crippen LogP contribution in [0.1, 0.15) is 28.1 Å². The van der Waals surface area contributed by atoms with Crippen molar-refractivity contribution in [3.63, 3.8) is 0 Å². The Bertz CT molecular complexity index is 1240. The molecule has 0 bridgehead atoms. The highest BCUT2D eigenvalue weighted by Crippen LogP contribution is 2.29. The van der Waals surface area contributed by atoms with Crippen LogP contribution in [-0.4, -0.2) is 19.9 Å². The van der Waals surface area contributed by atoms with E-state index in [1.807, 2.05) is 42.6 Å². The van der Waals surface area contributed by atoms with Gasteiger partial charge in [-0.1, -0.05) is 66.7 Å². The maximum absolute atomic E-state index is 5.86. The standard InChI is InChI=1S/C16H14N2O.C13H16N2/c1-2-6-13(7-3-1)15-8-4-5-9-16(15)19-11-14-10-17-12-18-14;1-10-4-3-5-11(2)13(10)7-6-12-8-14-9-15-12/h1-10,12H,11H2,(H,17,18);3-5,8-9H,6-7H2,1-2H3,(H,14,15). The van der Waals surface area contributed by atoms with E-state index in [2.05, 4.69) is 70.2 Å². The number of hydrogen-bond acceptors (Lipinski definition) is 3. The van der Waals surface area contributed by atoms with E-state index in [-0.39, 0.29) is 0 Å². The molecule has 5 aromatic rings. The van der Waals surface area contributed by atoms with Crippen molar-refractivity contribution in [2.75, 3.05) is 0 Å². The molecule has 2 N–H and O–H groups in total. The van der Waals surface area contributed by atoms with E-state index in [1.54, 1.807) is 18.9 Å². The van der Waals surface area contributed by atoms with E-state index in [0.717, 1.165) is 35.4 Å². The quantitative estimate of drug-likeness (QED) is 0.299. The summed E-state index contributed by atoms with van der Waals surface area (Å²) in [6.07, 6.45) is 9.17. The number of ether oxygens (including phenoxy) is 1. The Labute approximate surface area is 200 Å². The highest BCUT2D eigenvalue weighted by atomic mass is 16.5. The molecule has 0 fully saturated rings. The zero-order chi connectivity index (χ0) is 23.6. The highest BCUT2D eigenvalue weighted by molar-refractivity contribution is 5.70. The molecule has 0 spiro atoms. The lowest BCUT2D eigenvalue weighted by atomic mass is 9.98. The Morgan fingerprint density at radius 3 is 2.00 bits per heavy atom. The van der Waals surface area contributed by atoms with Crippen LogP contribution in [0.25, 0.3) is 11.1 Å². The summed E-state index contributed by atoms with van der Waals surface area (Å²) in [7, 11) is 0. The van der Waals surface area contributed by atoms with Gasteiger partial charge in [0.15, 0.2) is 0 Å². The molecule has 0 radical (unpaired) electrons. The third kappa shape index (κ3) is 6.23. The minimum Gasteiger partial charge on any atom is -0.487 e. The Hall–Kier alpha value is -4.12. The fraction of sp³-hybridized carbons (Fsp3) is 0.172. The summed E-state index contributed by atoms with van der Waals surface area (Å²) in [5, 5.41) is 0. The van der Waals surface area contributed by atoms with Crippen molar-refractivity contribution in [2.45, 2.75) is 33.3 Å². The van der Waals surface area contributed by atoms with E-state index in [1.165, 1.54) is 22.4 Å². The largest absolute Gasteiger partial charge is 0.487 e. The van der Waals surface area contributed by atoms with Gasteiger partial charge in [-0.2, -0.15) is 0 Å². The van der Waals surface area contributed by atoms with Crippen molar-refractivity contribution in [3.8, 4) is 16.9 Å². The monoisotopic (exact) mass is 450 g/mol. The van der Waals surface area contributed by atoms with Crippen LogP contribution in [0.5, 0.6) is 5.75 Å². The summed E-state index contributed by atoms with van der Waals surface area (Å²) in [6.45, 7) is 4.84. The number of aryl methyl sites for hydroxylation is 3. The molecule has 0 amide bonds. The molecule has 5 nitrogen and oxygen atoms in total. The molecule has 3 aromatic carbocycles. The first kappa shape index (κ1) is 23.1. The summed E-state index contributed by atoms with van der Waals surface area (Å²) >= 11 is 0. The minimum atomic E-state index is 0.490. The van der Waals surface area contributed by atoms with Gasteiger partial charge in [0.05, 0.1) is 24.5 Å². The van der Waals surface area contributed by atoms with Crippen molar-refractivity contribution < 1.29 is 4.74 Å². The van der Waals surface area contributed by atoms with Crippen LogP contribution in [0, 0.1) is 13.8 Å². The zero-order valence-corrected chi connectivity index (χ0v) is 19.7. The fourth-order valence-electron chi connectivity index (χ4n) is 3.89. The van der Waals surface area contributed by atoms with Gasteiger partial charge in [0.1, 0.15) is 12.4 Å². The predicted molar refractivity (Wildman–Crippen MR) is 137 cm³/mol. The summed E-state index contributed by atoms with van der Waals surface area (Å²) in [5.74, 6) is 0.878. The first-order valence-electron chi connectivity index (χ1n) is 11.5. The second kappa shape index (κ2) is 11.7. The SMILES string of the molecule is Cc1cccc(C)c1CCc1cnc[nH]1.c1ccc(-c2ccccc2OCc2cnc[nH]2)cc1. The van der Waals surface area contributed by atoms with Crippen molar-refractivity contribution >= 4 is 0 Å². The van der Waals surface area contributed by atoms with E-state index in [0.29, 0.717) is 6.61 Å². The van der Waals surface area contributed by atoms with Crippen LogP contribution < -0.4 is 4.74 Å². The van der Waals surface area contributed by atoms with Crippen LogP contribution in [0.2, 0.25) is 0 Å². The van der Waals surface area contributed by atoms with Crippen molar-refractivity contribution in [2.24, 2.45) is 0 Å². The smallest absolute Gasteiger partial charge is 0.130 e. The Balaban J connectivity index is 0.000000166. The molecular weight excluding hydrogens is 420 g/mol. The zero-order valence-electron chi connectivity index (χ0n) is 19.7. The lowest BCUT2D eigenvalue weighted by Crippen LogP contribution is -1.97. The first-order chi connectivity index (χ1) is 16.7. The van der Waals surface area contributed by atoms with Crippen LogP contribution in [0.15, 0.2) is 97.8 Å². The molecule has 0 aliphatic carbocycles. The second-order valence-corrected chi connectivity index (χ2v) is 8.17. The highest BCUT2D eigenvalue weighted by Gasteiger charge is 2.06. The van der Waals surface area contributed by atoms with Crippen molar-refractivity contribution in [1.29, 1.82) is 0 Å². The molecular formula is C29H30N4O.